The zero-order valence-corrected chi connectivity index (χ0v) is 46.3. The summed E-state index contributed by atoms with van der Waals surface area (Å²) in [6, 6.07) is 73.5. The molecule has 7 aromatic carbocycles. The van der Waals surface area contributed by atoms with Crippen LogP contribution >= 0.6 is 22.7 Å². The molecule has 0 bridgehead atoms. The normalized spacial score (nSPS) is 13.6. The number of benzene rings is 7. The number of hydrogen-bond acceptors (Lipinski definition) is 8. The van der Waals surface area contributed by atoms with Crippen LogP contribution in [-0.2, 0) is 0 Å². The number of para-hydroxylation sites is 2. The lowest BCUT2D eigenvalue weighted by Crippen LogP contribution is -2.55. The van der Waals surface area contributed by atoms with Gasteiger partial charge in [-0.2, -0.15) is 10.5 Å². The van der Waals surface area contributed by atoms with Crippen LogP contribution in [0.4, 0.5) is 0 Å². The zero-order valence-electron chi connectivity index (χ0n) is 44.6. The fourth-order valence-electron chi connectivity index (χ4n) is 12.1. The average molecular weight is 1060 g/mol. The predicted octanol–water partition coefficient (Wildman–Crippen LogP) is 11.2. The Morgan fingerprint density at radius 1 is 0.557 bits per heavy atom. The van der Waals surface area contributed by atoms with Crippen LogP contribution in [0.15, 0.2) is 194 Å². The summed E-state index contributed by atoms with van der Waals surface area (Å²) in [4.78, 5) is 13.1. The fourth-order valence-corrected chi connectivity index (χ4v) is 14.0. The summed E-state index contributed by atoms with van der Waals surface area (Å²) in [5.41, 5.74) is 9.88. The summed E-state index contributed by atoms with van der Waals surface area (Å²) < 4.78 is 13.5. The molecule has 4 aromatic heterocycles. The average Bonchev–Trinajstić information content (AvgIpc) is 3.61. The number of nitrogens with zero attached hydrogens (tertiary/aromatic N) is 7. The van der Waals surface area contributed by atoms with Gasteiger partial charge in [0.2, 0.25) is 0 Å². The van der Waals surface area contributed by atoms with Gasteiger partial charge in [-0.1, -0.05) is 201 Å². The highest BCUT2D eigenvalue weighted by molar-refractivity contribution is 7.20. The monoisotopic (exact) mass is 1060 g/mol. The minimum absolute atomic E-state index is 0.0620. The van der Waals surface area contributed by atoms with E-state index >= 15 is 0 Å². The molecular weight excluding hydrogens is 1000 g/mol. The lowest BCUT2D eigenvalue weighted by molar-refractivity contribution is 0.249. The molecule has 0 unspecified atom stereocenters. The predicted molar refractivity (Wildman–Crippen MR) is 330 cm³/mol. The van der Waals surface area contributed by atoms with Gasteiger partial charge >= 0.3 is 13.7 Å². The van der Waals surface area contributed by atoms with Crippen molar-refractivity contribution in [3.05, 3.63) is 221 Å². The minimum atomic E-state index is -0.443. The Morgan fingerprint density at radius 2 is 1.00 bits per heavy atom. The van der Waals surface area contributed by atoms with Crippen molar-refractivity contribution in [1.29, 1.82) is 10.5 Å². The molecule has 0 aliphatic heterocycles. The molecular formula is C67H59B2N7OS2. The van der Waals surface area contributed by atoms with Gasteiger partial charge in [0.25, 0.3) is 0 Å². The summed E-state index contributed by atoms with van der Waals surface area (Å²) in [5, 5.41) is 29.3. The SMILES string of the molecule is CCN(CC)CCCOc1ccc(-c2c3/c(=C(\C#N)c4nc5ccccc5s4)n(B(c4ccccc4)c4ccccc4)c(C4CCCCC4)c3/c(=C(\C#N)c3nc4ccccc4s3)n2B(c2ccccc2)c2ccccc2)cc1. The van der Waals surface area contributed by atoms with E-state index in [0.29, 0.717) is 27.8 Å². The topological polar surface area (TPSA) is 95.7 Å². The number of ether oxygens (including phenoxy) is 1. The fraction of sp³-hybridized carbons (Fsp3) is 0.194. The summed E-state index contributed by atoms with van der Waals surface area (Å²) in [5.74, 6) is 0.846. The van der Waals surface area contributed by atoms with Crippen molar-refractivity contribution < 1.29 is 4.74 Å². The summed E-state index contributed by atoms with van der Waals surface area (Å²) in [6.45, 7) is 7.15. The zero-order chi connectivity index (χ0) is 53.7. The first-order chi connectivity index (χ1) is 39.1. The van der Waals surface area contributed by atoms with Crippen LogP contribution in [0.1, 0.15) is 74.0 Å². The molecule has 0 atom stereocenters. The standard InChI is InChI=1S/C67H59B2N7OS2/c1-3-74(4-2)43-24-44-77-53-41-39-48(40-42-53)63-61-60(64(54(45-70)66-72-56-35-20-22-37-58(56)78-66)76(63)69(51-31-16-8-17-32-51)52-33-18-9-19-34-52)62(47-25-10-5-11-26-47)75(68(49-27-12-6-13-28-49)50-29-14-7-15-30-50)65(61)55(46-71)67-73-57-36-21-23-38-59(57)79-67/h6-9,12-23,27-42,47H,3-5,10-11,24-26,43-44H2,1-2H3/b64-54-,65-55-. The Morgan fingerprint density at radius 3 is 1.46 bits per heavy atom. The van der Waals surface area contributed by atoms with Crippen LogP contribution < -0.4 is 37.3 Å². The lowest BCUT2D eigenvalue weighted by Gasteiger charge is -2.29. The van der Waals surface area contributed by atoms with Crippen LogP contribution in [0, 0.1) is 22.7 Å². The first-order valence-electron chi connectivity index (χ1n) is 27.8. The molecule has 79 heavy (non-hydrogen) atoms. The molecule has 12 heteroatoms. The second-order valence-electron chi connectivity index (χ2n) is 20.4. The molecule has 0 saturated heterocycles. The molecule has 0 N–H and O–H groups in total. The Kier molecular flexibility index (Phi) is 15.2. The van der Waals surface area contributed by atoms with Crippen molar-refractivity contribution >= 4 is 101 Å². The van der Waals surface area contributed by atoms with E-state index in [9.17, 15) is 10.5 Å². The van der Waals surface area contributed by atoms with Gasteiger partial charge in [-0.3, -0.25) is 0 Å². The van der Waals surface area contributed by atoms with Gasteiger partial charge in [0, 0.05) is 28.7 Å². The third kappa shape index (κ3) is 10.0. The Labute approximate surface area is 471 Å². The van der Waals surface area contributed by atoms with Crippen LogP contribution in [0.5, 0.6) is 5.75 Å². The van der Waals surface area contributed by atoms with Crippen molar-refractivity contribution in [2.24, 2.45) is 0 Å². The van der Waals surface area contributed by atoms with Gasteiger partial charge in [0.15, 0.2) is 0 Å². The lowest BCUT2D eigenvalue weighted by atomic mass is 9.49. The van der Waals surface area contributed by atoms with Gasteiger partial charge < -0.3 is 18.6 Å². The molecule has 0 amide bonds. The maximum Gasteiger partial charge on any atom is 0.328 e. The summed E-state index contributed by atoms with van der Waals surface area (Å²) in [7, 11) is 0. The molecule has 0 spiro atoms. The number of fused-ring (bicyclic) bond motifs is 3. The van der Waals surface area contributed by atoms with Crippen molar-refractivity contribution in [3.63, 3.8) is 0 Å². The van der Waals surface area contributed by atoms with Gasteiger partial charge in [-0.25, -0.2) is 9.97 Å². The van der Waals surface area contributed by atoms with E-state index in [0.717, 1.165) is 145 Å². The van der Waals surface area contributed by atoms with Crippen molar-refractivity contribution in [1.82, 2.24) is 23.8 Å². The van der Waals surface area contributed by atoms with Crippen LogP contribution in [0.25, 0.3) is 53.6 Å². The Balaban J connectivity index is 1.34. The summed E-state index contributed by atoms with van der Waals surface area (Å²) >= 11 is 3.11. The Bertz CT molecular complexity index is 3890. The van der Waals surface area contributed by atoms with Gasteiger partial charge in [-0.05, 0) is 92.4 Å². The molecule has 1 saturated carbocycles. The van der Waals surface area contributed by atoms with Gasteiger partial charge in [0.1, 0.15) is 39.0 Å². The van der Waals surface area contributed by atoms with Crippen molar-refractivity contribution in [2.45, 2.75) is 58.3 Å². The highest BCUT2D eigenvalue weighted by atomic mass is 32.1. The van der Waals surface area contributed by atoms with E-state index in [1.165, 1.54) is 0 Å². The highest BCUT2D eigenvalue weighted by Gasteiger charge is 2.39. The van der Waals surface area contributed by atoms with Crippen molar-refractivity contribution in [3.8, 4) is 29.1 Å². The first-order valence-corrected chi connectivity index (χ1v) is 29.4. The maximum atomic E-state index is 12.3. The smallest absolute Gasteiger partial charge is 0.328 e. The maximum absolute atomic E-state index is 12.3. The largest absolute Gasteiger partial charge is 0.494 e. The van der Waals surface area contributed by atoms with Crippen LogP contribution in [-0.4, -0.2) is 63.8 Å². The van der Waals surface area contributed by atoms with Crippen LogP contribution in [0.2, 0.25) is 0 Å². The number of aromatic nitrogens is 4. The van der Waals surface area contributed by atoms with Gasteiger partial charge in [0.05, 0.1) is 37.7 Å². The van der Waals surface area contributed by atoms with Gasteiger partial charge in [-0.15, -0.1) is 22.7 Å². The molecule has 1 aliphatic carbocycles. The van der Waals surface area contributed by atoms with E-state index < -0.39 is 6.85 Å². The molecule has 1 fully saturated rings. The van der Waals surface area contributed by atoms with E-state index in [-0.39, 0.29) is 12.8 Å². The molecule has 4 heterocycles. The van der Waals surface area contributed by atoms with Crippen molar-refractivity contribution in [2.75, 3.05) is 26.2 Å². The number of hydrogen-bond donors (Lipinski definition) is 0. The molecule has 12 rings (SSSR count). The minimum Gasteiger partial charge on any atom is -0.494 e. The number of rotatable bonds is 17. The molecule has 386 valence electrons. The van der Waals surface area contributed by atoms with E-state index in [2.05, 4.69) is 198 Å². The number of nitriles is 2. The second-order valence-corrected chi connectivity index (χ2v) is 22.5. The molecule has 1 aliphatic rings. The molecule has 0 radical (unpaired) electrons. The van der Waals surface area contributed by atoms with Crippen LogP contribution in [0.3, 0.4) is 0 Å². The number of thiazole rings is 2. The van der Waals surface area contributed by atoms with E-state index in [1.807, 2.05) is 36.4 Å². The highest BCUT2D eigenvalue weighted by Crippen LogP contribution is 2.41. The molecule has 8 nitrogen and oxygen atoms in total. The third-order valence-corrected chi connectivity index (χ3v) is 17.9. The van der Waals surface area contributed by atoms with E-state index in [4.69, 9.17) is 14.7 Å². The second kappa shape index (κ2) is 23.4. The summed E-state index contributed by atoms with van der Waals surface area (Å²) in [6.07, 6.45) is 6.06. The van der Waals surface area contributed by atoms with E-state index in [1.54, 1.807) is 22.7 Å². The quantitative estimate of drug-likeness (QED) is 0.0666. The first kappa shape index (κ1) is 51.5. The molecule has 11 aromatic rings. The Hall–Kier alpha value is -8.25. The third-order valence-electron chi connectivity index (χ3n) is 15.8.